The number of para-hydroxylation sites is 1. The Hall–Kier alpha value is -3.74. The molecule has 0 saturated heterocycles. The number of rotatable bonds is 6. The van der Waals surface area contributed by atoms with Gasteiger partial charge in [0.1, 0.15) is 17.3 Å². The van der Waals surface area contributed by atoms with Gasteiger partial charge in [-0.25, -0.2) is 9.37 Å². The van der Waals surface area contributed by atoms with Gasteiger partial charge in [-0.3, -0.25) is 14.2 Å². The van der Waals surface area contributed by atoms with Crippen molar-refractivity contribution < 1.29 is 9.18 Å². The molecule has 0 aliphatic heterocycles. The number of carbonyl (C=O) groups excluding carboxylic acids is 1. The molecule has 2 aromatic carbocycles. The van der Waals surface area contributed by atoms with E-state index in [0.29, 0.717) is 29.3 Å². The molecule has 2 aromatic heterocycles. The number of imidazole rings is 1. The molecule has 0 atom stereocenters. The van der Waals surface area contributed by atoms with E-state index in [1.165, 1.54) is 12.1 Å². The van der Waals surface area contributed by atoms with Crippen molar-refractivity contribution in [2.45, 2.75) is 6.42 Å². The minimum Gasteiger partial charge on any atom is -0.369 e. The largest absolute Gasteiger partial charge is 0.369 e. The Bertz CT molecular complexity index is 1110. The van der Waals surface area contributed by atoms with E-state index in [-0.39, 0.29) is 18.1 Å². The van der Waals surface area contributed by atoms with Gasteiger partial charge in [-0.1, -0.05) is 30.3 Å². The summed E-state index contributed by atoms with van der Waals surface area (Å²) in [5.41, 5.74) is 2.66. The number of carbonyl (C=O) groups is 1. The van der Waals surface area contributed by atoms with Crippen LogP contribution in [0.25, 0.3) is 16.9 Å². The predicted molar refractivity (Wildman–Crippen MR) is 107 cm³/mol. The smallest absolute Gasteiger partial charge is 0.226 e. The number of fused-ring (bicyclic) bond motifs is 1. The monoisotopic (exact) mass is 375 g/mol. The van der Waals surface area contributed by atoms with Crippen LogP contribution in [0.4, 0.5) is 15.9 Å². The number of hydrogen-bond acceptors (Lipinski definition) is 4. The van der Waals surface area contributed by atoms with Crippen molar-refractivity contribution in [1.29, 1.82) is 0 Å². The van der Waals surface area contributed by atoms with E-state index >= 15 is 0 Å². The quantitative estimate of drug-likeness (QED) is 0.535. The minimum atomic E-state index is -0.333. The number of benzene rings is 2. The van der Waals surface area contributed by atoms with E-state index in [1.807, 2.05) is 34.7 Å². The summed E-state index contributed by atoms with van der Waals surface area (Å²) in [6.07, 6.45) is 5.33. The lowest BCUT2D eigenvalue weighted by Crippen LogP contribution is -2.16. The first-order valence-corrected chi connectivity index (χ1v) is 8.87. The van der Waals surface area contributed by atoms with Crippen molar-refractivity contribution in [1.82, 2.24) is 14.4 Å². The first-order chi connectivity index (χ1) is 13.7. The summed E-state index contributed by atoms with van der Waals surface area (Å²) in [5, 5.41) is 6.11. The number of hydrogen-bond donors (Lipinski definition) is 2. The Morgan fingerprint density at radius 2 is 1.96 bits per heavy atom. The molecule has 1 amide bonds. The molecule has 2 N–H and O–H groups in total. The van der Waals surface area contributed by atoms with Crippen molar-refractivity contribution in [2.24, 2.45) is 0 Å². The molecule has 4 rings (SSSR count). The second-order valence-corrected chi connectivity index (χ2v) is 6.21. The fourth-order valence-electron chi connectivity index (χ4n) is 2.95. The second-order valence-electron chi connectivity index (χ2n) is 6.21. The van der Waals surface area contributed by atoms with Crippen molar-refractivity contribution in [3.8, 4) is 11.3 Å². The zero-order chi connectivity index (χ0) is 19.3. The first-order valence-electron chi connectivity index (χ1n) is 8.87. The van der Waals surface area contributed by atoms with Crippen molar-refractivity contribution in [3.63, 3.8) is 0 Å². The molecule has 28 heavy (non-hydrogen) atoms. The van der Waals surface area contributed by atoms with Gasteiger partial charge in [0.05, 0.1) is 6.20 Å². The van der Waals surface area contributed by atoms with E-state index in [0.717, 1.165) is 5.69 Å². The van der Waals surface area contributed by atoms with Gasteiger partial charge in [0.15, 0.2) is 5.65 Å². The fraction of sp³-hybridized carbons (Fsp3) is 0.0952. The number of aromatic nitrogens is 3. The van der Waals surface area contributed by atoms with Crippen molar-refractivity contribution >= 4 is 23.1 Å². The maximum absolute atomic E-state index is 13.7. The molecule has 0 unspecified atom stereocenters. The molecular weight excluding hydrogens is 357 g/mol. The summed E-state index contributed by atoms with van der Waals surface area (Å²) in [4.78, 5) is 20.8. The van der Waals surface area contributed by atoms with Crippen LogP contribution in [0.1, 0.15) is 6.42 Å². The fourth-order valence-corrected chi connectivity index (χ4v) is 2.95. The maximum Gasteiger partial charge on any atom is 0.226 e. The zero-order valence-corrected chi connectivity index (χ0v) is 15.0. The lowest BCUT2D eigenvalue weighted by Gasteiger charge is -2.09. The van der Waals surface area contributed by atoms with Crippen LogP contribution >= 0.6 is 0 Å². The summed E-state index contributed by atoms with van der Waals surface area (Å²) in [6, 6.07) is 15.6. The summed E-state index contributed by atoms with van der Waals surface area (Å²) < 4.78 is 15.5. The van der Waals surface area contributed by atoms with E-state index < -0.39 is 0 Å². The first kappa shape index (κ1) is 17.7. The van der Waals surface area contributed by atoms with Gasteiger partial charge >= 0.3 is 0 Å². The third-order valence-corrected chi connectivity index (χ3v) is 4.23. The van der Waals surface area contributed by atoms with Gasteiger partial charge < -0.3 is 10.6 Å². The van der Waals surface area contributed by atoms with Crippen molar-refractivity contribution in [2.75, 3.05) is 17.2 Å². The SMILES string of the molecule is O=C(CCNc1c(-c2cccc(F)c2)nc2cnccn12)Nc1ccccc1. The topological polar surface area (TPSA) is 71.3 Å². The van der Waals surface area contributed by atoms with Crippen LogP contribution in [0.2, 0.25) is 0 Å². The lowest BCUT2D eigenvalue weighted by atomic mass is 10.1. The summed E-state index contributed by atoms with van der Waals surface area (Å²) >= 11 is 0. The molecule has 0 saturated carbocycles. The Labute approximate surface area is 161 Å². The third kappa shape index (κ3) is 3.83. The number of anilines is 2. The molecular formula is C21H18FN5O. The normalized spacial score (nSPS) is 10.8. The highest BCUT2D eigenvalue weighted by molar-refractivity contribution is 5.91. The highest BCUT2D eigenvalue weighted by Crippen LogP contribution is 2.28. The molecule has 7 heteroatoms. The van der Waals surface area contributed by atoms with E-state index in [4.69, 9.17) is 0 Å². The summed E-state index contributed by atoms with van der Waals surface area (Å²) in [6.45, 7) is 0.400. The molecule has 0 bridgehead atoms. The van der Waals surface area contributed by atoms with E-state index in [1.54, 1.807) is 30.7 Å². The summed E-state index contributed by atoms with van der Waals surface area (Å²) in [5.74, 6) is 0.262. The molecule has 0 spiro atoms. The van der Waals surface area contributed by atoms with Gasteiger partial charge in [-0.2, -0.15) is 0 Å². The van der Waals surface area contributed by atoms with Crippen LogP contribution < -0.4 is 10.6 Å². The molecule has 0 aliphatic carbocycles. The van der Waals surface area contributed by atoms with Crippen LogP contribution in [0, 0.1) is 5.82 Å². The standard InChI is InChI=1S/C21H18FN5O/c22-16-6-4-5-15(13-16)20-21(27-12-11-23-14-18(27)26-20)24-10-9-19(28)25-17-7-2-1-3-8-17/h1-8,11-14,24H,9-10H2,(H,25,28). The summed E-state index contributed by atoms with van der Waals surface area (Å²) in [7, 11) is 0. The van der Waals surface area contributed by atoms with E-state index in [2.05, 4.69) is 20.6 Å². The van der Waals surface area contributed by atoms with Gasteiger partial charge in [0.25, 0.3) is 0 Å². The highest BCUT2D eigenvalue weighted by atomic mass is 19.1. The Kier molecular flexibility index (Phi) is 4.97. The van der Waals surface area contributed by atoms with Crippen LogP contribution in [-0.4, -0.2) is 26.8 Å². The Balaban J connectivity index is 1.53. The van der Waals surface area contributed by atoms with Crippen molar-refractivity contribution in [3.05, 3.63) is 79.0 Å². The van der Waals surface area contributed by atoms with E-state index in [9.17, 15) is 9.18 Å². The molecule has 2 heterocycles. The second kappa shape index (κ2) is 7.87. The number of amides is 1. The van der Waals surface area contributed by atoms with Crippen LogP contribution in [0.3, 0.4) is 0 Å². The van der Waals surface area contributed by atoms with Gasteiger partial charge in [-0.15, -0.1) is 0 Å². The zero-order valence-electron chi connectivity index (χ0n) is 15.0. The van der Waals surface area contributed by atoms with Crippen LogP contribution in [-0.2, 0) is 4.79 Å². The molecule has 0 aliphatic rings. The number of nitrogens with one attached hydrogen (secondary N) is 2. The van der Waals surface area contributed by atoms with Crippen LogP contribution in [0.15, 0.2) is 73.2 Å². The molecule has 6 nitrogen and oxygen atoms in total. The average Bonchev–Trinajstić information content (AvgIpc) is 3.08. The molecule has 4 aromatic rings. The Morgan fingerprint density at radius 3 is 2.79 bits per heavy atom. The number of halogens is 1. The predicted octanol–water partition coefficient (Wildman–Crippen LogP) is 3.98. The third-order valence-electron chi connectivity index (χ3n) is 4.23. The van der Waals surface area contributed by atoms with Crippen LogP contribution in [0.5, 0.6) is 0 Å². The lowest BCUT2D eigenvalue weighted by molar-refractivity contribution is -0.115. The Morgan fingerprint density at radius 1 is 1.11 bits per heavy atom. The maximum atomic E-state index is 13.7. The minimum absolute atomic E-state index is 0.0958. The van der Waals surface area contributed by atoms with Gasteiger partial charge in [-0.05, 0) is 24.3 Å². The average molecular weight is 375 g/mol. The number of nitrogens with zero attached hydrogens (tertiary/aromatic N) is 3. The van der Waals surface area contributed by atoms with Gasteiger partial charge in [0.2, 0.25) is 5.91 Å². The van der Waals surface area contributed by atoms with Gasteiger partial charge in [0, 0.05) is 36.6 Å². The molecule has 140 valence electrons. The molecule has 0 radical (unpaired) electrons. The highest BCUT2D eigenvalue weighted by Gasteiger charge is 2.15. The molecule has 0 fully saturated rings.